The van der Waals surface area contributed by atoms with Crippen LogP contribution in [0.1, 0.15) is 19.3 Å². The summed E-state index contributed by atoms with van der Waals surface area (Å²) in [5.74, 6) is -2.59. The van der Waals surface area contributed by atoms with E-state index in [4.69, 9.17) is 4.74 Å². The average molecular weight is 308 g/mol. The smallest absolute Gasteiger partial charge is 0.310 e. The van der Waals surface area contributed by atoms with Crippen molar-refractivity contribution in [1.29, 1.82) is 0 Å². The standard InChI is InChI=1S/C15H20N2O5/c18-11-3-1-7-17(11)8-2-6-16-14(19)12-9-4-5-10(22-9)13(12)15(20)21/h4-5,9-10,12-13H,1-3,6-8H2,(H,16,19)(H,20,21)/t9-,10-,12+,13-/m1/s1. The zero-order chi connectivity index (χ0) is 15.7. The monoisotopic (exact) mass is 308 g/mol. The van der Waals surface area contributed by atoms with E-state index in [-0.39, 0.29) is 11.8 Å². The molecule has 3 rings (SSSR count). The molecule has 0 aromatic carbocycles. The van der Waals surface area contributed by atoms with E-state index in [2.05, 4.69) is 5.32 Å². The van der Waals surface area contributed by atoms with Gasteiger partial charge in [-0.1, -0.05) is 12.2 Å². The van der Waals surface area contributed by atoms with E-state index in [1.807, 2.05) is 0 Å². The minimum atomic E-state index is -1.00. The minimum Gasteiger partial charge on any atom is -0.481 e. The van der Waals surface area contributed by atoms with Crippen molar-refractivity contribution in [2.75, 3.05) is 19.6 Å². The van der Waals surface area contributed by atoms with Crippen LogP contribution in [0.5, 0.6) is 0 Å². The molecule has 0 saturated carbocycles. The highest BCUT2D eigenvalue weighted by molar-refractivity contribution is 5.87. The molecule has 0 spiro atoms. The van der Waals surface area contributed by atoms with Gasteiger partial charge in [-0.15, -0.1) is 0 Å². The van der Waals surface area contributed by atoms with Gasteiger partial charge in [-0.3, -0.25) is 14.4 Å². The summed E-state index contributed by atoms with van der Waals surface area (Å²) in [5.41, 5.74) is 0. The van der Waals surface area contributed by atoms with E-state index in [0.29, 0.717) is 25.9 Å². The van der Waals surface area contributed by atoms with E-state index in [1.54, 1.807) is 17.1 Å². The Labute approximate surface area is 128 Å². The Balaban J connectivity index is 1.46. The number of fused-ring (bicyclic) bond motifs is 2. The lowest BCUT2D eigenvalue weighted by molar-refractivity contribution is -0.146. The van der Waals surface area contributed by atoms with Gasteiger partial charge in [0.15, 0.2) is 0 Å². The molecule has 7 nitrogen and oxygen atoms in total. The van der Waals surface area contributed by atoms with Crippen LogP contribution in [0.3, 0.4) is 0 Å². The van der Waals surface area contributed by atoms with Gasteiger partial charge in [0.25, 0.3) is 0 Å². The van der Waals surface area contributed by atoms with E-state index >= 15 is 0 Å². The van der Waals surface area contributed by atoms with Crippen molar-refractivity contribution < 1.29 is 24.2 Å². The Kier molecular flexibility index (Phi) is 4.15. The largest absolute Gasteiger partial charge is 0.481 e. The molecule has 2 amide bonds. The maximum atomic E-state index is 12.2. The average Bonchev–Trinajstić information content (AvgIpc) is 3.18. The first-order chi connectivity index (χ1) is 10.6. The highest BCUT2D eigenvalue weighted by atomic mass is 16.5. The number of likely N-dealkylation sites (tertiary alicyclic amines) is 1. The number of nitrogens with one attached hydrogen (secondary N) is 1. The molecule has 7 heteroatoms. The van der Waals surface area contributed by atoms with Crippen molar-refractivity contribution in [2.24, 2.45) is 11.8 Å². The zero-order valence-corrected chi connectivity index (χ0v) is 12.2. The van der Waals surface area contributed by atoms with Crippen LogP contribution >= 0.6 is 0 Å². The second kappa shape index (κ2) is 6.08. The summed E-state index contributed by atoms with van der Waals surface area (Å²) in [6, 6.07) is 0. The summed E-state index contributed by atoms with van der Waals surface area (Å²) in [6.07, 6.45) is 4.73. The number of nitrogens with zero attached hydrogens (tertiary/aromatic N) is 1. The third-order valence-corrected chi connectivity index (χ3v) is 4.56. The van der Waals surface area contributed by atoms with Crippen molar-refractivity contribution in [2.45, 2.75) is 31.5 Å². The van der Waals surface area contributed by atoms with Crippen molar-refractivity contribution in [3.8, 4) is 0 Å². The van der Waals surface area contributed by atoms with Gasteiger partial charge < -0.3 is 20.1 Å². The number of hydrogen-bond donors (Lipinski definition) is 2. The molecule has 4 atom stereocenters. The van der Waals surface area contributed by atoms with Crippen molar-refractivity contribution in [3.05, 3.63) is 12.2 Å². The van der Waals surface area contributed by atoms with E-state index in [1.165, 1.54) is 0 Å². The highest BCUT2D eigenvalue weighted by Crippen LogP contribution is 2.39. The summed E-state index contributed by atoms with van der Waals surface area (Å²) < 4.78 is 5.48. The van der Waals surface area contributed by atoms with Crippen LogP contribution in [0.15, 0.2) is 12.2 Å². The Hall–Kier alpha value is -1.89. The number of amides is 2. The number of carboxylic acid groups (broad SMARTS) is 1. The molecular formula is C15H20N2O5. The molecule has 2 N–H and O–H groups in total. The van der Waals surface area contributed by atoms with Crippen LogP contribution in [0.2, 0.25) is 0 Å². The fraction of sp³-hybridized carbons (Fsp3) is 0.667. The number of ether oxygens (including phenoxy) is 1. The number of carbonyl (C=O) groups is 3. The predicted molar refractivity (Wildman–Crippen MR) is 75.9 cm³/mol. The predicted octanol–water partition coefficient (Wildman–Crippen LogP) is -0.231. The Morgan fingerprint density at radius 3 is 2.68 bits per heavy atom. The fourth-order valence-corrected chi connectivity index (χ4v) is 3.45. The molecule has 2 saturated heterocycles. The maximum Gasteiger partial charge on any atom is 0.310 e. The number of hydrogen-bond acceptors (Lipinski definition) is 4. The number of rotatable bonds is 6. The van der Waals surface area contributed by atoms with Crippen LogP contribution < -0.4 is 5.32 Å². The molecule has 0 unspecified atom stereocenters. The molecule has 3 aliphatic rings. The SMILES string of the molecule is O=C(NCCCN1CCCC1=O)[C@@H]1[C@H](C(=O)O)[C@H]2C=C[C@H]1O2. The van der Waals surface area contributed by atoms with Crippen molar-refractivity contribution >= 4 is 17.8 Å². The molecule has 2 bridgehead atoms. The topological polar surface area (TPSA) is 95.9 Å². The van der Waals surface area contributed by atoms with Crippen LogP contribution in [0.25, 0.3) is 0 Å². The molecule has 0 aromatic heterocycles. The van der Waals surface area contributed by atoms with Crippen LogP contribution in [-0.4, -0.2) is 59.6 Å². The lowest BCUT2D eigenvalue weighted by Gasteiger charge is -2.21. The van der Waals surface area contributed by atoms with Gasteiger partial charge >= 0.3 is 5.97 Å². The quantitative estimate of drug-likeness (QED) is 0.522. The van der Waals surface area contributed by atoms with Gasteiger partial charge in [0.2, 0.25) is 11.8 Å². The number of carboxylic acids is 1. The zero-order valence-electron chi connectivity index (χ0n) is 12.2. The van der Waals surface area contributed by atoms with Gasteiger partial charge in [-0.25, -0.2) is 0 Å². The molecule has 22 heavy (non-hydrogen) atoms. The van der Waals surface area contributed by atoms with E-state index in [9.17, 15) is 19.5 Å². The van der Waals surface area contributed by atoms with Crippen LogP contribution in [-0.2, 0) is 19.1 Å². The normalized spacial score (nSPS) is 32.7. The molecule has 2 fully saturated rings. The number of aliphatic carboxylic acids is 1. The molecule has 3 aliphatic heterocycles. The van der Waals surface area contributed by atoms with Gasteiger partial charge in [-0.05, 0) is 12.8 Å². The number of carbonyl (C=O) groups excluding carboxylic acids is 2. The first-order valence-corrected chi connectivity index (χ1v) is 7.70. The van der Waals surface area contributed by atoms with Crippen LogP contribution in [0, 0.1) is 11.8 Å². The first-order valence-electron chi connectivity index (χ1n) is 7.70. The van der Waals surface area contributed by atoms with Crippen LogP contribution in [0.4, 0.5) is 0 Å². The first kappa shape index (κ1) is 15.0. The molecule has 3 heterocycles. The second-order valence-electron chi connectivity index (χ2n) is 5.97. The third kappa shape index (κ3) is 2.72. The Bertz CT molecular complexity index is 518. The Morgan fingerprint density at radius 1 is 1.32 bits per heavy atom. The van der Waals surface area contributed by atoms with Crippen molar-refractivity contribution in [3.63, 3.8) is 0 Å². The lowest BCUT2D eigenvalue weighted by atomic mass is 9.82. The summed E-state index contributed by atoms with van der Waals surface area (Å²) >= 11 is 0. The van der Waals surface area contributed by atoms with Gasteiger partial charge in [0.1, 0.15) is 5.92 Å². The van der Waals surface area contributed by atoms with Gasteiger partial charge in [0.05, 0.1) is 18.1 Å². The van der Waals surface area contributed by atoms with Gasteiger partial charge in [0, 0.05) is 26.1 Å². The summed E-state index contributed by atoms with van der Waals surface area (Å²) in [7, 11) is 0. The molecular weight excluding hydrogens is 288 g/mol. The minimum absolute atomic E-state index is 0.170. The molecule has 0 aliphatic carbocycles. The van der Waals surface area contributed by atoms with Crippen molar-refractivity contribution in [1.82, 2.24) is 10.2 Å². The fourth-order valence-electron chi connectivity index (χ4n) is 3.45. The summed E-state index contributed by atoms with van der Waals surface area (Å²) in [5, 5.41) is 12.0. The molecule has 0 radical (unpaired) electrons. The van der Waals surface area contributed by atoms with E-state index < -0.39 is 30.0 Å². The third-order valence-electron chi connectivity index (χ3n) is 4.56. The van der Waals surface area contributed by atoms with E-state index in [0.717, 1.165) is 13.0 Å². The summed E-state index contributed by atoms with van der Waals surface area (Å²) in [4.78, 5) is 36.8. The summed E-state index contributed by atoms with van der Waals surface area (Å²) in [6.45, 7) is 1.86. The Morgan fingerprint density at radius 2 is 2.05 bits per heavy atom. The van der Waals surface area contributed by atoms with Gasteiger partial charge in [-0.2, -0.15) is 0 Å². The molecule has 0 aromatic rings. The second-order valence-corrected chi connectivity index (χ2v) is 5.97. The molecule has 120 valence electrons. The maximum absolute atomic E-state index is 12.2. The highest BCUT2D eigenvalue weighted by Gasteiger charge is 2.53. The lowest BCUT2D eigenvalue weighted by Crippen LogP contribution is -2.43.